The lowest BCUT2D eigenvalue weighted by Crippen LogP contribution is -2.06. The van der Waals surface area contributed by atoms with Crippen LogP contribution in [0.15, 0.2) is 46.9 Å². The van der Waals surface area contributed by atoms with Crippen LogP contribution in [0.3, 0.4) is 0 Å². The Kier molecular flexibility index (Phi) is 5.17. The molecule has 1 heterocycles. The summed E-state index contributed by atoms with van der Waals surface area (Å²) in [5.41, 5.74) is 2.23. The molecule has 0 saturated carbocycles. The molecule has 134 valence electrons. The zero-order valence-electron chi connectivity index (χ0n) is 14.7. The van der Waals surface area contributed by atoms with Gasteiger partial charge in [-0.1, -0.05) is 17.7 Å². The van der Waals surface area contributed by atoms with Gasteiger partial charge in [-0.2, -0.15) is 0 Å². The number of hydrogen-bond acceptors (Lipinski definition) is 7. The van der Waals surface area contributed by atoms with Gasteiger partial charge in [0.25, 0.3) is 5.89 Å². The fourth-order valence-electron chi connectivity index (χ4n) is 2.38. The summed E-state index contributed by atoms with van der Waals surface area (Å²) >= 11 is 0. The molecule has 0 radical (unpaired) electrons. The lowest BCUT2D eigenvalue weighted by atomic mass is 10.1. The first-order valence-corrected chi connectivity index (χ1v) is 7.89. The van der Waals surface area contributed by atoms with Gasteiger partial charge in [-0.15, -0.1) is 10.2 Å². The first-order chi connectivity index (χ1) is 12.6. The van der Waals surface area contributed by atoms with Crippen molar-refractivity contribution in [1.29, 1.82) is 0 Å². The van der Waals surface area contributed by atoms with Crippen molar-refractivity contribution in [2.45, 2.75) is 13.5 Å². The maximum atomic E-state index is 12.2. The molecule has 1 aromatic heterocycles. The van der Waals surface area contributed by atoms with Crippen molar-refractivity contribution in [1.82, 2.24) is 10.2 Å². The molecule has 0 spiro atoms. The molecule has 0 atom stereocenters. The number of aromatic nitrogens is 2. The molecular formula is C19H18N2O5. The molecule has 0 fully saturated rings. The Morgan fingerprint density at radius 3 is 2.58 bits per heavy atom. The van der Waals surface area contributed by atoms with Gasteiger partial charge in [0.05, 0.1) is 19.8 Å². The van der Waals surface area contributed by atoms with Crippen LogP contribution in [0.2, 0.25) is 0 Å². The number of carbonyl (C=O) groups is 1. The SMILES string of the molecule is COc1ccc(C(=O)OCc2nnc(-c3cccc(C)c3)o2)cc1OC. The minimum absolute atomic E-state index is 0.119. The number of nitrogens with zero attached hydrogens (tertiary/aromatic N) is 2. The molecule has 0 aliphatic carbocycles. The topological polar surface area (TPSA) is 83.7 Å². The molecule has 7 heteroatoms. The molecule has 0 bridgehead atoms. The van der Waals surface area contributed by atoms with E-state index in [1.54, 1.807) is 18.2 Å². The summed E-state index contributed by atoms with van der Waals surface area (Å²) in [5.74, 6) is 1.05. The van der Waals surface area contributed by atoms with Crippen molar-refractivity contribution in [2.24, 2.45) is 0 Å². The number of aryl methyl sites for hydroxylation is 1. The summed E-state index contributed by atoms with van der Waals surface area (Å²) in [5, 5.41) is 7.89. The minimum Gasteiger partial charge on any atom is -0.493 e. The van der Waals surface area contributed by atoms with Gasteiger partial charge in [0, 0.05) is 5.56 Å². The Bertz CT molecular complexity index is 920. The lowest BCUT2D eigenvalue weighted by molar-refractivity contribution is 0.0438. The average molecular weight is 354 g/mol. The predicted molar refractivity (Wildman–Crippen MR) is 93.1 cm³/mol. The third-order valence-corrected chi connectivity index (χ3v) is 3.68. The van der Waals surface area contributed by atoms with Crippen LogP contribution >= 0.6 is 0 Å². The van der Waals surface area contributed by atoms with Crippen LogP contribution in [0.4, 0.5) is 0 Å². The predicted octanol–water partition coefficient (Wildman–Crippen LogP) is 3.42. The highest BCUT2D eigenvalue weighted by Crippen LogP contribution is 2.28. The van der Waals surface area contributed by atoms with E-state index in [0.717, 1.165) is 11.1 Å². The molecule has 2 aromatic carbocycles. The molecule has 7 nitrogen and oxygen atoms in total. The van der Waals surface area contributed by atoms with E-state index >= 15 is 0 Å². The van der Waals surface area contributed by atoms with E-state index in [4.69, 9.17) is 18.6 Å². The van der Waals surface area contributed by atoms with Crippen molar-refractivity contribution in [3.8, 4) is 23.0 Å². The van der Waals surface area contributed by atoms with Gasteiger partial charge >= 0.3 is 5.97 Å². The number of esters is 1. The van der Waals surface area contributed by atoms with Crippen LogP contribution in [-0.2, 0) is 11.3 Å². The zero-order valence-corrected chi connectivity index (χ0v) is 14.7. The third kappa shape index (κ3) is 3.83. The van der Waals surface area contributed by atoms with Crippen molar-refractivity contribution in [3.63, 3.8) is 0 Å². The Morgan fingerprint density at radius 1 is 1.04 bits per heavy atom. The number of ether oxygens (including phenoxy) is 3. The van der Waals surface area contributed by atoms with E-state index < -0.39 is 5.97 Å². The Hall–Kier alpha value is -3.35. The van der Waals surface area contributed by atoms with Gasteiger partial charge in [0.2, 0.25) is 5.89 Å². The van der Waals surface area contributed by atoms with Gasteiger partial charge < -0.3 is 18.6 Å². The van der Waals surface area contributed by atoms with Gasteiger partial charge in [-0.25, -0.2) is 4.79 Å². The molecule has 3 rings (SSSR count). The molecule has 0 unspecified atom stereocenters. The van der Waals surface area contributed by atoms with Crippen molar-refractivity contribution in [3.05, 3.63) is 59.5 Å². The van der Waals surface area contributed by atoms with Crippen molar-refractivity contribution >= 4 is 5.97 Å². The summed E-state index contributed by atoms with van der Waals surface area (Å²) in [4.78, 5) is 12.2. The highest BCUT2D eigenvalue weighted by Gasteiger charge is 2.14. The van der Waals surface area contributed by atoms with Crippen LogP contribution < -0.4 is 9.47 Å². The van der Waals surface area contributed by atoms with Crippen LogP contribution in [0, 0.1) is 6.92 Å². The zero-order chi connectivity index (χ0) is 18.5. The third-order valence-electron chi connectivity index (χ3n) is 3.68. The van der Waals surface area contributed by atoms with Crippen LogP contribution in [0.5, 0.6) is 11.5 Å². The van der Waals surface area contributed by atoms with Crippen molar-refractivity contribution in [2.75, 3.05) is 14.2 Å². The second-order valence-electron chi connectivity index (χ2n) is 5.52. The second kappa shape index (κ2) is 7.69. The summed E-state index contributed by atoms with van der Waals surface area (Å²) < 4.78 is 21.1. The maximum absolute atomic E-state index is 12.2. The molecule has 0 N–H and O–H groups in total. The molecular weight excluding hydrogens is 336 g/mol. The maximum Gasteiger partial charge on any atom is 0.338 e. The number of rotatable bonds is 6. The first-order valence-electron chi connectivity index (χ1n) is 7.89. The van der Waals surface area contributed by atoms with Gasteiger partial charge in [0.15, 0.2) is 18.1 Å². The number of methoxy groups -OCH3 is 2. The van der Waals surface area contributed by atoms with Crippen LogP contribution in [-0.4, -0.2) is 30.4 Å². The van der Waals surface area contributed by atoms with E-state index in [9.17, 15) is 4.79 Å². The summed E-state index contributed by atoms with van der Waals surface area (Å²) in [6.07, 6.45) is 0. The summed E-state index contributed by atoms with van der Waals surface area (Å²) in [6.45, 7) is 1.86. The van der Waals surface area contributed by atoms with E-state index in [2.05, 4.69) is 10.2 Å². The molecule has 0 aliphatic heterocycles. The van der Waals surface area contributed by atoms with Gasteiger partial charge in [-0.3, -0.25) is 0 Å². The number of benzene rings is 2. The first kappa shape index (κ1) is 17.5. The minimum atomic E-state index is -0.527. The Morgan fingerprint density at radius 2 is 1.85 bits per heavy atom. The largest absolute Gasteiger partial charge is 0.493 e. The van der Waals surface area contributed by atoms with E-state index in [0.29, 0.717) is 23.0 Å². The Balaban J connectivity index is 1.67. The van der Waals surface area contributed by atoms with Crippen LogP contribution in [0.1, 0.15) is 21.8 Å². The Labute approximate surface area is 150 Å². The second-order valence-corrected chi connectivity index (χ2v) is 5.52. The highest BCUT2D eigenvalue weighted by atomic mass is 16.5. The molecule has 0 aliphatic rings. The standard InChI is InChI=1S/C19H18N2O5/c1-12-5-4-6-13(9-12)18-21-20-17(26-18)11-25-19(22)14-7-8-15(23-2)16(10-14)24-3/h4-10H,11H2,1-3H3. The number of carbonyl (C=O) groups excluding carboxylic acids is 1. The summed E-state index contributed by atoms with van der Waals surface area (Å²) in [7, 11) is 3.02. The van der Waals surface area contributed by atoms with Gasteiger partial charge in [-0.05, 0) is 37.3 Å². The highest BCUT2D eigenvalue weighted by molar-refractivity contribution is 5.90. The fraction of sp³-hybridized carbons (Fsp3) is 0.211. The fourth-order valence-corrected chi connectivity index (χ4v) is 2.38. The molecule has 0 amide bonds. The van der Waals surface area contributed by atoms with E-state index in [1.807, 2.05) is 31.2 Å². The molecule has 0 saturated heterocycles. The van der Waals surface area contributed by atoms with Gasteiger partial charge in [0.1, 0.15) is 0 Å². The average Bonchev–Trinajstić information content (AvgIpc) is 3.14. The van der Waals surface area contributed by atoms with Crippen molar-refractivity contribution < 1.29 is 23.4 Å². The van der Waals surface area contributed by atoms with E-state index in [1.165, 1.54) is 14.2 Å². The van der Waals surface area contributed by atoms with Crippen LogP contribution in [0.25, 0.3) is 11.5 Å². The lowest BCUT2D eigenvalue weighted by Gasteiger charge is -2.09. The number of hydrogen-bond donors (Lipinski definition) is 0. The quantitative estimate of drug-likeness (QED) is 0.627. The van der Waals surface area contributed by atoms with E-state index in [-0.39, 0.29) is 12.5 Å². The monoisotopic (exact) mass is 354 g/mol. The summed E-state index contributed by atoms with van der Waals surface area (Å²) in [6, 6.07) is 12.5. The normalized spacial score (nSPS) is 10.4. The smallest absolute Gasteiger partial charge is 0.338 e. The molecule has 26 heavy (non-hydrogen) atoms. The molecule has 3 aromatic rings.